The Kier molecular flexibility index (Phi) is 4.36. The molecule has 0 radical (unpaired) electrons. The van der Waals surface area contributed by atoms with E-state index < -0.39 is 0 Å². The van der Waals surface area contributed by atoms with Crippen molar-refractivity contribution >= 4 is 11.5 Å². The fraction of sp³-hybridized carbons (Fsp3) is 0.167. The highest BCUT2D eigenvalue weighted by atomic mass is 16.1. The van der Waals surface area contributed by atoms with E-state index in [1.807, 2.05) is 43.3 Å². The third-order valence-electron chi connectivity index (χ3n) is 3.12. The molecule has 0 spiro atoms. The van der Waals surface area contributed by atoms with Crippen LogP contribution in [0.1, 0.15) is 28.4 Å². The summed E-state index contributed by atoms with van der Waals surface area (Å²) in [5.41, 5.74) is 4.98. The van der Waals surface area contributed by atoms with E-state index in [2.05, 4.69) is 31.3 Å². The molecule has 102 valence electrons. The number of carbonyl (C=O) groups is 1. The van der Waals surface area contributed by atoms with Crippen molar-refractivity contribution in [1.29, 1.82) is 0 Å². The standard InChI is InChI=1S/C18H19NO/c1-13-9-10-17(14(2)11-13)19-15(3)12-18(20)16-7-5-4-6-8-16/h4-12,19H,1-3H3/b15-12+. The predicted octanol–water partition coefficient (Wildman–Crippen LogP) is 4.50. The summed E-state index contributed by atoms with van der Waals surface area (Å²) in [7, 11) is 0. The Hall–Kier alpha value is -2.35. The molecule has 2 rings (SSSR count). The minimum absolute atomic E-state index is 0.0142. The Morgan fingerprint density at radius 1 is 1.05 bits per heavy atom. The second-order valence-electron chi connectivity index (χ2n) is 5.00. The molecular formula is C18H19NO. The number of ketones is 1. The van der Waals surface area contributed by atoms with Gasteiger partial charge in [0.05, 0.1) is 0 Å². The molecule has 1 N–H and O–H groups in total. The number of allylic oxidation sites excluding steroid dienone is 2. The normalized spacial score (nSPS) is 11.2. The van der Waals surface area contributed by atoms with Crippen molar-refractivity contribution in [3.63, 3.8) is 0 Å². The summed E-state index contributed by atoms with van der Waals surface area (Å²) in [6.45, 7) is 6.03. The Morgan fingerprint density at radius 3 is 2.40 bits per heavy atom. The van der Waals surface area contributed by atoms with E-state index in [1.54, 1.807) is 6.08 Å². The fourth-order valence-corrected chi connectivity index (χ4v) is 2.08. The van der Waals surface area contributed by atoms with Crippen LogP contribution in [0.4, 0.5) is 5.69 Å². The van der Waals surface area contributed by atoms with Crippen molar-refractivity contribution in [3.05, 3.63) is 77.0 Å². The lowest BCUT2D eigenvalue weighted by atomic mass is 10.1. The zero-order valence-corrected chi connectivity index (χ0v) is 12.1. The van der Waals surface area contributed by atoms with E-state index in [4.69, 9.17) is 0 Å². The molecule has 0 saturated carbocycles. The molecule has 2 heteroatoms. The van der Waals surface area contributed by atoms with E-state index in [0.717, 1.165) is 11.4 Å². The van der Waals surface area contributed by atoms with Gasteiger partial charge in [-0.2, -0.15) is 0 Å². The van der Waals surface area contributed by atoms with Gasteiger partial charge in [-0.3, -0.25) is 4.79 Å². The smallest absolute Gasteiger partial charge is 0.187 e. The van der Waals surface area contributed by atoms with Gasteiger partial charge in [-0.05, 0) is 32.4 Å². The number of anilines is 1. The van der Waals surface area contributed by atoms with Crippen LogP contribution in [0.3, 0.4) is 0 Å². The first kappa shape index (κ1) is 14.1. The van der Waals surface area contributed by atoms with Crippen molar-refractivity contribution in [2.45, 2.75) is 20.8 Å². The first-order valence-electron chi connectivity index (χ1n) is 6.68. The molecule has 0 aromatic heterocycles. The molecule has 0 aliphatic rings. The lowest BCUT2D eigenvalue weighted by Crippen LogP contribution is -2.02. The third-order valence-corrected chi connectivity index (χ3v) is 3.12. The Morgan fingerprint density at radius 2 is 1.75 bits per heavy atom. The molecule has 2 aromatic rings. The van der Waals surface area contributed by atoms with E-state index in [0.29, 0.717) is 5.56 Å². The molecule has 0 aliphatic carbocycles. The summed E-state index contributed by atoms with van der Waals surface area (Å²) in [5.74, 6) is 0.0142. The molecule has 0 bridgehead atoms. The number of benzene rings is 2. The maximum atomic E-state index is 12.1. The molecule has 0 heterocycles. The maximum absolute atomic E-state index is 12.1. The number of carbonyl (C=O) groups excluding carboxylic acids is 1. The monoisotopic (exact) mass is 265 g/mol. The third kappa shape index (κ3) is 3.58. The molecule has 2 aromatic carbocycles. The molecule has 0 unspecified atom stereocenters. The number of aryl methyl sites for hydroxylation is 2. The van der Waals surface area contributed by atoms with E-state index in [9.17, 15) is 4.79 Å². The summed E-state index contributed by atoms with van der Waals surface area (Å²) in [6.07, 6.45) is 1.63. The van der Waals surface area contributed by atoms with Gasteiger partial charge in [0.2, 0.25) is 0 Å². The van der Waals surface area contributed by atoms with Crippen LogP contribution in [0.15, 0.2) is 60.3 Å². The van der Waals surface area contributed by atoms with E-state index >= 15 is 0 Å². The molecule has 0 saturated heterocycles. The van der Waals surface area contributed by atoms with E-state index in [-0.39, 0.29) is 5.78 Å². The minimum Gasteiger partial charge on any atom is -0.359 e. The van der Waals surface area contributed by atoms with Crippen molar-refractivity contribution < 1.29 is 4.79 Å². The van der Waals surface area contributed by atoms with Gasteiger partial charge >= 0.3 is 0 Å². The molecule has 0 amide bonds. The largest absolute Gasteiger partial charge is 0.359 e. The minimum atomic E-state index is 0.0142. The Bertz CT molecular complexity index is 642. The lowest BCUT2D eigenvalue weighted by Gasteiger charge is -2.10. The number of hydrogen-bond acceptors (Lipinski definition) is 2. The van der Waals surface area contributed by atoms with Crippen LogP contribution in [-0.4, -0.2) is 5.78 Å². The summed E-state index contributed by atoms with van der Waals surface area (Å²) in [6, 6.07) is 15.5. The maximum Gasteiger partial charge on any atom is 0.187 e. The van der Waals surface area contributed by atoms with Crippen LogP contribution in [0, 0.1) is 13.8 Å². The fourth-order valence-electron chi connectivity index (χ4n) is 2.08. The average Bonchev–Trinajstić information content (AvgIpc) is 2.43. The van der Waals surface area contributed by atoms with Gasteiger partial charge in [0, 0.05) is 23.0 Å². The molecule has 2 nitrogen and oxygen atoms in total. The molecular weight excluding hydrogens is 246 g/mol. The van der Waals surface area contributed by atoms with Gasteiger partial charge in [-0.15, -0.1) is 0 Å². The van der Waals surface area contributed by atoms with Gasteiger partial charge in [0.25, 0.3) is 0 Å². The number of rotatable bonds is 4. The van der Waals surface area contributed by atoms with Crippen molar-refractivity contribution in [3.8, 4) is 0 Å². The summed E-state index contributed by atoms with van der Waals surface area (Å²) in [4.78, 5) is 12.1. The highest BCUT2D eigenvalue weighted by molar-refractivity contribution is 6.05. The first-order valence-corrected chi connectivity index (χ1v) is 6.68. The van der Waals surface area contributed by atoms with Crippen molar-refractivity contribution in [2.24, 2.45) is 0 Å². The van der Waals surface area contributed by atoms with Gasteiger partial charge < -0.3 is 5.32 Å². The van der Waals surface area contributed by atoms with E-state index in [1.165, 1.54) is 11.1 Å². The molecule has 0 atom stereocenters. The van der Waals surface area contributed by atoms with Crippen LogP contribution in [0.2, 0.25) is 0 Å². The second-order valence-corrected chi connectivity index (χ2v) is 5.00. The topological polar surface area (TPSA) is 29.1 Å². The summed E-state index contributed by atoms with van der Waals surface area (Å²) < 4.78 is 0. The van der Waals surface area contributed by atoms with Gasteiger partial charge in [0.15, 0.2) is 5.78 Å². The first-order chi connectivity index (χ1) is 9.56. The second kappa shape index (κ2) is 6.20. The molecule has 0 aliphatic heterocycles. The van der Waals surface area contributed by atoms with Gasteiger partial charge in [-0.1, -0.05) is 48.0 Å². The lowest BCUT2D eigenvalue weighted by molar-refractivity contribution is 0.104. The van der Waals surface area contributed by atoms with Crippen molar-refractivity contribution in [1.82, 2.24) is 0 Å². The molecule has 0 fully saturated rings. The number of nitrogens with one attached hydrogen (secondary N) is 1. The van der Waals surface area contributed by atoms with Crippen LogP contribution in [0.5, 0.6) is 0 Å². The van der Waals surface area contributed by atoms with Crippen molar-refractivity contribution in [2.75, 3.05) is 5.32 Å². The highest BCUT2D eigenvalue weighted by Gasteiger charge is 2.03. The summed E-state index contributed by atoms with van der Waals surface area (Å²) >= 11 is 0. The molecule has 20 heavy (non-hydrogen) atoms. The predicted molar refractivity (Wildman–Crippen MR) is 84.1 cm³/mol. The van der Waals surface area contributed by atoms with Crippen LogP contribution < -0.4 is 5.32 Å². The quantitative estimate of drug-likeness (QED) is 0.651. The zero-order valence-electron chi connectivity index (χ0n) is 12.1. The highest BCUT2D eigenvalue weighted by Crippen LogP contribution is 2.18. The van der Waals surface area contributed by atoms with Gasteiger partial charge in [-0.25, -0.2) is 0 Å². The Labute approximate surface area is 120 Å². The van der Waals surface area contributed by atoms with Crippen LogP contribution >= 0.6 is 0 Å². The van der Waals surface area contributed by atoms with Crippen LogP contribution in [-0.2, 0) is 0 Å². The SMILES string of the molecule is C/C(=C\C(=O)c1ccccc1)Nc1ccc(C)cc1C. The zero-order chi connectivity index (χ0) is 14.5. The number of hydrogen-bond donors (Lipinski definition) is 1. The van der Waals surface area contributed by atoms with Crippen LogP contribution in [0.25, 0.3) is 0 Å². The summed E-state index contributed by atoms with van der Waals surface area (Å²) in [5, 5.41) is 3.28. The Balaban J connectivity index is 2.13. The van der Waals surface area contributed by atoms with Gasteiger partial charge in [0.1, 0.15) is 0 Å². The average molecular weight is 265 g/mol.